The summed E-state index contributed by atoms with van der Waals surface area (Å²) in [6.07, 6.45) is 1.47. The Bertz CT molecular complexity index is 352. The topological polar surface area (TPSA) is 72.3 Å². The predicted molar refractivity (Wildman–Crippen MR) is 53.8 cm³/mol. The van der Waals surface area contributed by atoms with Gasteiger partial charge in [-0.15, -0.1) is 0 Å². The van der Waals surface area contributed by atoms with Gasteiger partial charge in [-0.1, -0.05) is 0 Å². The van der Waals surface area contributed by atoms with Crippen LogP contribution in [0.25, 0.3) is 0 Å². The maximum absolute atomic E-state index is 10.7. The Labute approximate surface area is 88.1 Å². The Hall–Kier alpha value is -1.65. The Morgan fingerprint density at radius 2 is 2.13 bits per heavy atom. The zero-order valence-corrected chi connectivity index (χ0v) is 8.97. The van der Waals surface area contributed by atoms with Crippen LogP contribution in [-0.4, -0.2) is 27.1 Å². The first kappa shape index (κ1) is 11.4. The van der Waals surface area contributed by atoms with Crippen molar-refractivity contribution in [2.75, 3.05) is 0 Å². The zero-order valence-electron chi connectivity index (χ0n) is 8.97. The number of carboxylic acid groups (broad SMARTS) is 1. The predicted octanol–water partition coefficient (Wildman–Crippen LogP) is 1.45. The maximum Gasteiger partial charge on any atom is 0.316 e. The van der Waals surface area contributed by atoms with Gasteiger partial charge in [0.15, 0.2) is 0 Å². The average molecular weight is 210 g/mol. The van der Waals surface area contributed by atoms with Gasteiger partial charge in [0.05, 0.1) is 17.7 Å². The highest BCUT2D eigenvalue weighted by Gasteiger charge is 2.16. The van der Waals surface area contributed by atoms with E-state index in [4.69, 9.17) is 9.84 Å². The number of hydrogen-bond acceptors (Lipinski definition) is 4. The molecular weight excluding hydrogens is 196 g/mol. The quantitative estimate of drug-likeness (QED) is 0.814. The van der Waals surface area contributed by atoms with Crippen LogP contribution in [0.2, 0.25) is 0 Å². The van der Waals surface area contributed by atoms with Gasteiger partial charge in [-0.25, -0.2) is 4.98 Å². The van der Waals surface area contributed by atoms with Crippen LogP contribution in [-0.2, 0) is 4.79 Å². The molecule has 0 bridgehead atoms. The van der Waals surface area contributed by atoms with E-state index in [0.29, 0.717) is 5.69 Å². The monoisotopic (exact) mass is 210 g/mol. The second-order valence-electron chi connectivity index (χ2n) is 3.49. The summed E-state index contributed by atoms with van der Waals surface area (Å²) in [4.78, 5) is 18.6. The summed E-state index contributed by atoms with van der Waals surface area (Å²) in [7, 11) is 0. The first-order chi connectivity index (χ1) is 7.00. The number of carboxylic acids is 1. The van der Waals surface area contributed by atoms with Gasteiger partial charge in [0.25, 0.3) is 0 Å². The van der Waals surface area contributed by atoms with Crippen LogP contribution in [0.1, 0.15) is 32.4 Å². The molecule has 5 heteroatoms. The second kappa shape index (κ2) is 4.72. The van der Waals surface area contributed by atoms with E-state index in [1.165, 1.54) is 6.20 Å². The van der Waals surface area contributed by atoms with Gasteiger partial charge in [0.2, 0.25) is 0 Å². The van der Waals surface area contributed by atoms with Crippen LogP contribution in [0.5, 0.6) is 6.01 Å². The molecule has 1 unspecified atom stereocenters. The number of carbonyl (C=O) groups is 1. The van der Waals surface area contributed by atoms with Crippen molar-refractivity contribution in [3.63, 3.8) is 0 Å². The summed E-state index contributed by atoms with van der Waals surface area (Å²) in [5.41, 5.74) is 0.452. The van der Waals surface area contributed by atoms with Crippen molar-refractivity contribution in [1.29, 1.82) is 0 Å². The fourth-order valence-corrected chi connectivity index (χ4v) is 0.989. The van der Waals surface area contributed by atoms with E-state index in [2.05, 4.69) is 9.97 Å². The van der Waals surface area contributed by atoms with E-state index < -0.39 is 11.9 Å². The molecular formula is C10H14N2O3. The van der Waals surface area contributed by atoms with Crippen LogP contribution in [0.4, 0.5) is 0 Å². The molecule has 5 nitrogen and oxygen atoms in total. The number of aromatic nitrogens is 2. The molecule has 1 heterocycles. The van der Waals surface area contributed by atoms with Crippen LogP contribution >= 0.6 is 0 Å². The van der Waals surface area contributed by atoms with Crippen LogP contribution in [0, 0.1) is 0 Å². The average Bonchev–Trinajstić information content (AvgIpc) is 2.16. The van der Waals surface area contributed by atoms with Gasteiger partial charge >= 0.3 is 12.0 Å². The first-order valence-electron chi connectivity index (χ1n) is 4.73. The van der Waals surface area contributed by atoms with Gasteiger partial charge in [0, 0.05) is 6.20 Å². The molecule has 1 atom stereocenters. The number of rotatable bonds is 4. The summed E-state index contributed by atoms with van der Waals surface area (Å²) < 4.78 is 5.27. The highest BCUT2D eigenvalue weighted by atomic mass is 16.5. The van der Waals surface area contributed by atoms with Crippen molar-refractivity contribution in [1.82, 2.24) is 9.97 Å². The summed E-state index contributed by atoms with van der Waals surface area (Å²) in [6, 6.07) is 1.79. The standard InChI is InChI=1S/C10H14N2O3/c1-6(2)15-10-11-5-4-8(12-10)7(3)9(13)14/h4-7H,1-3H3,(H,13,14). The van der Waals surface area contributed by atoms with Crippen molar-refractivity contribution in [2.24, 2.45) is 0 Å². The van der Waals surface area contributed by atoms with Crippen molar-refractivity contribution in [3.05, 3.63) is 18.0 Å². The lowest BCUT2D eigenvalue weighted by Gasteiger charge is -2.09. The van der Waals surface area contributed by atoms with E-state index in [1.807, 2.05) is 13.8 Å². The zero-order chi connectivity index (χ0) is 11.4. The summed E-state index contributed by atoms with van der Waals surface area (Å²) >= 11 is 0. The van der Waals surface area contributed by atoms with Gasteiger partial charge < -0.3 is 9.84 Å². The lowest BCUT2D eigenvalue weighted by Crippen LogP contribution is -2.13. The van der Waals surface area contributed by atoms with Gasteiger partial charge in [-0.2, -0.15) is 4.98 Å². The molecule has 0 aliphatic rings. The van der Waals surface area contributed by atoms with Gasteiger partial charge in [0.1, 0.15) is 0 Å². The van der Waals surface area contributed by atoms with E-state index in [1.54, 1.807) is 13.0 Å². The van der Waals surface area contributed by atoms with Crippen molar-refractivity contribution < 1.29 is 14.6 Å². The third-order valence-corrected chi connectivity index (χ3v) is 1.81. The van der Waals surface area contributed by atoms with Crippen LogP contribution < -0.4 is 4.74 Å². The van der Waals surface area contributed by atoms with Crippen molar-refractivity contribution in [2.45, 2.75) is 32.8 Å². The summed E-state index contributed by atoms with van der Waals surface area (Å²) in [5, 5.41) is 8.81. The normalized spacial score (nSPS) is 12.5. The van der Waals surface area contributed by atoms with Gasteiger partial charge in [-0.05, 0) is 26.8 Å². The lowest BCUT2D eigenvalue weighted by atomic mass is 10.1. The van der Waals surface area contributed by atoms with E-state index in [-0.39, 0.29) is 12.1 Å². The molecule has 0 spiro atoms. The molecule has 0 amide bonds. The molecule has 1 N–H and O–H groups in total. The Morgan fingerprint density at radius 1 is 1.47 bits per heavy atom. The third kappa shape index (κ3) is 3.19. The summed E-state index contributed by atoms with van der Waals surface area (Å²) in [5.74, 6) is -1.56. The van der Waals surface area contributed by atoms with Crippen LogP contribution in [0.3, 0.4) is 0 Å². The molecule has 1 rings (SSSR count). The molecule has 0 aliphatic heterocycles. The number of aliphatic carboxylic acids is 1. The first-order valence-corrected chi connectivity index (χ1v) is 4.73. The molecule has 82 valence electrons. The number of hydrogen-bond donors (Lipinski definition) is 1. The molecule has 1 aromatic heterocycles. The van der Waals surface area contributed by atoms with E-state index >= 15 is 0 Å². The molecule has 15 heavy (non-hydrogen) atoms. The smallest absolute Gasteiger partial charge is 0.316 e. The Morgan fingerprint density at radius 3 is 2.67 bits per heavy atom. The molecule has 0 radical (unpaired) electrons. The minimum atomic E-state index is -0.913. The molecule has 0 saturated heterocycles. The third-order valence-electron chi connectivity index (χ3n) is 1.81. The maximum atomic E-state index is 10.7. The largest absolute Gasteiger partial charge is 0.481 e. The Balaban J connectivity index is 2.87. The van der Waals surface area contributed by atoms with E-state index in [9.17, 15) is 4.79 Å². The van der Waals surface area contributed by atoms with E-state index in [0.717, 1.165) is 0 Å². The highest BCUT2D eigenvalue weighted by molar-refractivity contribution is 5.74. The minimum absolute atomic E-state index is 0.0274. The SMILES string of the molecule is CC(C)Oc1nccc(C(C)C(=O)O)n1. The summed E-state index contributed by atoms with van der Waals surface area (Å²) in [6.45, 7) is 5.29. The number of nitrogens with zero attached hydrogens (tertiary/aromatic N) is 2. The molecule has 0 saturated carbocycles. The van der Waals surface area contributed by atoms with Crippen molar-refractivity contribution >= 4 is 5.97 Å². The molecule has 0 fully saturated rings. The molecule has 1 aromatic rings. The molecule has 0 aliphatic carbocycles. The minimum Gasteiger partial charge on any atom is -0.481 e. The molecule has 0 aromatic carbocycles. The fourth-order valence-electron chi connectivity index (χ4n) is 0.989. The Kier molecular flexibility index (Phi) is 3.60. The second-order valence-corrected chi connectivity index (χ2v) is 3.49. The fraction of sp³-hybridized carbons (Fsp3) is 0.500. The van der Waals surface area contributed by atoms with Crippen molar-refractivity contribution in [3.8, 4) is 6.01 Å². The lowest BCUT2D eigenvalue weighted by molar-refractivity contribution is -0.138. The van der Waals surface area contributed by atoms with Gasteiger partial charge in [-0.3, -0.25) is 4.79 Å². The van der Waals surface area contributed by atoms with Crippen LogP contribution in [0.15, 0.2) is 12.3 Å². The highest BCUT2D eigenvalue weighted by Crippen LogP contribution is 2.14. The number of ether oxygens (including phenoxy) is 1.